The van der Waals surface area contributed by atoms with E-state index in [0.717, 1.165) is 10.9 Å². The lowest BCUT2D eigenvalue weighted by Crippen LogP contribution is -2.07. The number of esters is 1. The third-order valence-electron chi connectivity index (χ3n) is 3.05. The topological polar surface area (TPSA) is 81.5 Å². The highest BCUT2D eigenvalue weighted by molar-refractivity contribution is 6.01. The van der Waals surface area contributed by atoms with Crippen molar-refractivity contribution in [3.8, 4) is 6.07 Å². The highest BCUT2D eigenvalue weighted by atomic mass is 16.5. The summed E-state index contributed by atoms with van der Waals surface area (Å²) in [6.45, 7) is 2.06. The van der Waals surface area contributed by atoms with E-state index in [9.17, 15) is 10.1 Å². The van der Waals surface area contributed by atoms with Gasteiger partial charge in [0.2, 0.25) is 0 Å². The molecule has 0 saturated heterocycles. The van der Waals surface area contributed by atoms with E-state index in [0.29, 0.717) is 23.6 Å². The van der Waals surface area contributed by atoms with Crippen molar-refractivity contribution in [1.29, 1.82) is 5.26 Å². The number of ether oxygens (including phenoxy) is 1. The number of fused-ring (bicyclic) bond motifs is 1. The Morgan fingerprint density at radius 1 is 1.48 bits per heavy atom. The second-order valence-corrected chi connectivity index (χ2v) is 5.02. The van der Waals surface area contributed by atoms with E-state index in [2.05, 4.69) is 16.0 Å². The summed E-state index contributed by atoms with van der Waals surface area (Å²) in [5, 5.41) is 10.1. The molecule has 0 aliphatic carbocycles. The SMILES string of the molecule is CCOC(=O)C=Cc1c(N=CN(C)C)[nH]c2cccc(C#N)c12. The highest BCUT2D eigenvalue weighted by Gasteiger charge is 2.12. The van der Waals surface area contributed by atoms with Crippen LogP contribution in [0.1, 0.15) is 18.1 Å². The van der Waals surface area contributed by atoms with Crippen LogP contribution < -0.4 is 0 Å². The molecule has 1 aromatic carbocycles. The van der Waals surface area contributed by atoms with Gasteiger partial charge in [0.25, 0.3) is 0 Å². The molecule has 0 atom stereocenters. The first-order chi connectivity index (χ1) is 11.1. The van der Waals surface area contributed by atoms with Gasteiger partial charge in [-0.05, 0) is 25.1 Å². The average Bonchev–Trinajstić information content (AvgIpc) is 2.88. The zero-order chi connectivity index (χ0) is 16.8. The van der Waals surface area contributed by atoms with E-state index in [1.807, 2.05) is 20.2 Å². The van der Waals surface area contributed by atoms with Gasteiger partial charge in [0.15, 0.2) is 0 Å². The molecule has 2 rings (SSSR count). The number of nitriles is 1. The summed E-state index contributed by atoms with van der Waals surface area (Å²) in [6, 6.07) is 7.57. The van der Waals surface area contributed by atoms with Crippen molar-refractivity contribution in [2.75, 3.05) is 20.7 Å². The Morgan fingerprint density at radius 2 is 2.26 bits per heavy atom. The smallest absolute Gasteiger partial charge is 0.330 e. The molecule has 1 heterocycles. The number of rotatable bonds is 5. The fourth-order valence-corrected chi connectivity index (χ4v) is 2.13. The molecule has 0 unspecified atom stereocenters. The molecular formula is C17H18N4O2. The van der Waals surface area contributed by atoms with Crippen LogP contribution in [0.5, 0.6) is 0 Å². The molecule has 6 nitrogen and oxygen atoms in total. The summed E-state index contributed by atoms with van der Waals surface area (Å²) in [6.07, 6.45) is 4.62. The van der Waals surface area contributed by atoms with E-state index in [1.54, 1.807) is 36.4 Å². The van der Waals surface area contributed by atoms with Gasteiger partial charge >= 0.3 is 5.97 Å². The first kappa shape index (κ1) is 16.3. The fourth-order valence-electron chi connectivity index (χ4n) is 2.13. The predicted molar refractivity (Wildman–Crippen MR) is 90.5 cm³/mol. The fraction of sp³-hybridized carbons (Fsp3) is 0.235. The summed E-state index contributed by atoms with van der Waals surface area (Å²) < 4.78 is 4.90. The highest BCUT2D eigenvalue weighted by Crippen LogP contribution is 2.31. The molecule has 23 heavy (non-hydrogen) atoms. The van der Waals surface area contributed by atoms with Crippen molar-refractivity contribution >= 4 is 35.1 Å². The number of hydrogen-bond donors (Lipinski definition) is 1. The van der Waals surface area contributed by atoms with Crippen LogP contribution in [0.2, 0.25) is 0 Å². The van der Waals surface area contributed by atoms with Crippen LogP contribution in [0.3, 0.4) is 0 Å². The monoisotopic (exact) mass is 310 g/mol. The summed E-state index contributed by atoms with van der Waals surface area (Å²) in [5.74, 6) is 0.149. The molecule has 0 saturated carbocycles. The molecule has 0 aliphatic rings. The standard InChI is InChI=1S/C17H18N4O2/c1-4-23-15(22)9-8-13-16-12(10-18)6-5-7-14(16)20-17(13)19-11-21(2)3/h5-9,11,20H,4H2,1-3H3. The Balaban J connectivity index is 2.59. The van der Waals surface area contributed by atoms with E-state index in [-0.39, 0.29) is 0 Å². The molecular weight excluding hydrogens is 292 g/mol. The quantitative estimate of drug-likeness (QED) is 0.398. The van der Waals surface area contributed by atoms with E-state index in [4.69, 9.17) is 4.74 Å². The van der Waals surface area contributed by atoms with Crippen LogP contribution in [-0.2, 0) is 9.53 Å². The maximum Gasteiger partial charge on any atom is 0.330 e. The number of hydrogen-bond acceptors (Lipinski definition) is 4. The zero-order valence-electron chi connectivity index (χ0n) is 13.3. The van der Waals surface area contributed by atoms with Gasteiger partial charge in [-0.15, -0.1) is 0 Å². The minimum Gasteiger partial charge on any atom is -0.463 e. The molecule has 0 fully saturated rings. The Hall–Kier alpha value is -3.07. The third-order valence-corrected chi connectivity index (χ3v) is 3.05. The second-order valence-electron chi connectivity index (χ2n) is 5.02. The number of carbonyl (C=O) groups is 1. The third kappa shape index (κ3) is 3.77. The van der Waals surface area contributed by atoms with Gasteiger partial charge in [0.05, 0.1) is 24.6 Å². The molecule has 6 heteroatoms. The normalized spacial score (nSPS) is 11.2. The van der Waals surface area contributed by atoms with Gasteiger partial charge in [-0.3, -0.25) is 0 Å². The minimum absolute atomic E-state index is 0.312. The largest absolute Gasteiger partial charge is 0.463 e. The maximum absolute atomic E-state index is 11.6. The van der Waals surface area contributed by atoms with Crippen LogP contribution in [0, 0.1) is 11.3 Å². The van der Waals surface area contributed by atoms with Gasteiger partial charge in [-0.1, -0.05) is 6.07 Å². The Labute approximate surface area is 134 Å². The number of nitrogens with zero attached hydrogens (tertiary/aromatic N) is 3. The second kappa shape index (κ2) is 7.27. The lowest BCUT2D eigenvalue weighted by atomic mass is 10.1. The van der Waals surface area contributed by atoms with Crippen molar-refractivity contribution in [2.24, 2.45) is 4.99 Å². The van der Waals surface area contributed by atoms with Crippen molar-refractivity contribution in [1.82, 2.24) is 9.88 Å². The van der Waals surface area contributed by atoms with Crippen molar-refractivity contribution < 1.29 is 9.53 Å². The number of benzene rings is 1. The number of H-pyrrole nitrogens is 1. The number of aliphatic imine (C=N–C) groups is 1. The molecule has 0 amide bonds. The van der Waals surface area contributed by atoms with Crippen LogP contribution in [0.4, 0.5) is 5.82 Å². The number of aromatic nitrogens is 1. The van der Waals surface area contributed by atoms with Gasteiger partial charge in [-0.25, -0.2) is 9.79 Å². The maximum atomic E-state index is 11.6. The Bertz CT molecular complexity index is 810. The van der Waals surface area contributed by atoms with Crippen molar-refractivity contribution in [3.63, 3.8) is 0 Å². The van der Waals surface area contributed by atoms with Crippen LogP contribution in [0.25, 0.3) is 17.0 Å². The molecule has 2 aromatic rings. The zero-order valence-corrected chi connectivity index (χ0v) is 13.3. The van der Waals surface area contributed by atoms with Crippen molar-refractivity contribution in [2.45, 2.75) is 6.92 Å². The minimum atomic E-state index is -0.432. The molecule has 0 spiro atoms. The van der Waals surface area contributed by atoms with E-state index in [1.165, 1.54) is 6.08 Å². The Kier molecular flexibility index (Phi) is 5.15. The average molecular weight is 310 g/mol. The first-order valence-corrected chi connectivity index (χ1v) is 7.17. The summed E-state index contributed by atoms with van der Waals surface area (Å²) in [7, 11) is 3.72. The van der Waals surface area contributed by atoms with E-state index < -0.39 is 5.97 Å². The molecule has 1 N–H and O–H groups in total. The predicted octanol–water partition coefficient (Wildman–Crippen LogP) is 2.84. The first-order valence-electron chi connectivity index (χ1n) is 7.17. The van der Waals surface area contributed by atoms with Gasteiger partial charge in [0.1, 0.15) is 5.82 Å². The van der Waals surface area contributed by atoms with E-state index >= 15 is 0 Å². The van der Waals surface area contributed by atoms with Crippen molar-refractivity contribution in [3.05, 3.63) is 35.4 Å². The van der Waals surface area contributed by atoms with Crippen LogP contribution in [-0.4, -0.2) is 42.9 Å². The summed E-state index contributed by atoms with van der Waals surface area (Å²) >= 11 is 0. The van der Waals surface area contributed by atoms with Gasteiger partial charge < -0.3 is 14.6 Å². The van der Waals surface area contributed by atoms with Gasteiger partial charge in [0, 0.05) is 36.6 Å². The summed E-state index contributed by atoms with van der Waals surface area (Å²) in [5.41, 5.74) is 2.00. The number of carbonyl (C=O) groups excluding carboxylic acids is 1. The molecule has 118 valence electrons. The van der Waals surface area contributed by atoms with Crippen LogP contribution in [0.15, 0.2) is 29.3 Å². The van der Waals surface area contributed by atoms with Gasteiger partial charge in [-0.2, -0.15) is 5.26 Å². The van der Waals surface area contributed by atoms with Crippen LogP contribution >= 0.6 is 0 Å². The lowest BCUT2D eigenvalue weighted by Gasteiger charge is -2.02. The number of aromatic amines is 1. The lowest BCUT2D eigenvalue weighted by molar-refractivity contribution is -0.137. The molecule has 0 radical (unpaired) electrons. The summed E-state index contributed by atoms with van der Waals surface area (Å²) in [4.78, 5) is 20.9. The molecule has 1 aromatic heterocycles. The molecule has 0 bridgehead atoms. The molecule has 0 aliphatic heterocycles. The number of nitrogens with one attached hydrogen (secondary N) is 1. The Morgan fingerprint density at radius 3 is 2.91 bits per heavy atom.